The van der Waals surface area contributed by atoms with Crippen molar-refractivity contribution in [1.82, 2.24) is 4.90 Å². The van der Waals surface area contributed by atoms with Crippen LogP contribution in [-0.4, -0.2) is 33.8 Å². The molecule has 0 aromatic heterocycles. The van der Waals surface area contributed by atoms with Gasteiger partial charge >= 0.3 is 0 Å². The lowest BCUT2D eigenvalue weighted by Gasteiger charge is -2.27. The lowest BCUT2D eigenvalue weighted by atomic mass is 9.96. The number of benzene rings is 3. The summed E-state index contributed by atoms with van der Waals surface area (Å²) in [6.07, 6.45) is 6.66. The molecule has 1 aliphatic heterocycles. The van der Waals surface area contributed by atoms with Gasteiger partial charge in [-0.05, 0) is 54.8 Å². The van der Waals surface area contributed by atoms with E-state index in [-0.39, 0.29) is 24.4 Å². The van der Waals surface area contributed by atoms with Gasteiger partial charge in [-0.1, -0.05) is 79.6 Å². The minimum absolute atomic E-state index is 0. The van der Waals surface area contributed by atoms with Gasteiger partial charge in [0, 0.05) is 30.4 Å². The van der Waals surface area contributed by atoms with Crippen LogP contribution in [0.25, 0.3) is 0 Å². The second-order valence-electron chi connectivity index (χ2n) is 9.47. The molecule has 1 saturated heterocycles. The summed E-state index contributed by atoms with van der Waals surface area (Å²) in [7, 11) is 0. The Hall–Kier alpha value is -2.96. The molecule has 1 aliphatic carbocycles. The smallest absolute Gasteiger partial charge is 0.226 e. The first-order valence-electron chi connectivity index (χ1n) is 12.9. The van der Waals surface area contributed by atoms with E-state index in [1.54, 1.807) is 11.8 Å². The molecule has 0 bridgehead atoms. The number of amides is 1. The third-order valence-corrected chi connectivity index (χ3v) is 7.84. The summed E-state index contributed by atoms with van der Waals surface area (Å²) in [5.74, 6) is 2.44. The second kappa shape index (κ2) is 13.5. The highest BCUT2D eigenvalue weighted by Gasteiger charge is 2.32. The van der Waals surface area contributed by atoms with Gasteiger partial charge in [0.05, 0.1) is 6.04 Å². The largest absolute Gasteiger partial charge is 0.457 e. The minimum Gasteiger partial charge on any atom is -0.457 e. The first-order valence-corrected chi connectivity index (χ1v) is 13.9. The van der Waals surface area contributed by atoms with E-state index in [1.807, 2.05) is 60.7 Å². The highest BCUT2D eigenvalue weighted by Crippen LogP contribution is 2.31. The highest BCUT2D eigenvalue weighted by molar-refractivity contribution is 8.14. The fraction of sp³-hybridized carbons (Fsp3) is 0.333. The Balaban J connectivity index is 0.00000320. The monoisotopic (exact) mass is 535 g/mol. The van der Waals surface area contributed by atoms with E-state index in [0.717, 1.165) is 34.7 Å². The van der Waals surface area contributed by atoms with E-state index < -0.39 is 0 Å². The van der Waals surface area contributed by atoms with E-state index in [4.69, 9.17) is 9.73 Å². The number of hydrogen-bond donors (Lipinski definition) is 1. The number of nitrogens with zero attached hydrogens (tertiary/aromatic N) is 2. The van der Waals surface area contributed by atoms with E-state index in [9.17, 15) is 4.79 Å². The zero-order chi connectivity index (χ0) is 24.6. The predicted octanol–water partition coefficient (Wildman–Crippen LogP) is 7.54. The van der Waals surface area contributed by atoms with Crippen LogP contribution in [0, 0.1) is 0 Å². The Morgan fingerprint density at radius 1 is 0.892 bits per heavy atom. The quantitative estimate of drug-likeness (QED) is 0.324. The van der Waals surface area contributed by atoms with Crippen LogP contribution in [0.1, 0.15) is 44.1 Å². The van der Waals surface area contributed by atoms with E-state index in [2.05, 4.69) is 34.5 Å². The third kappa shape index (κ3) is 7.76. The number of rotatable bonds is 8. The second-order valence-corrected chi connectivity index (χ2v) is 10.5. The van der Waals surface area contributed by atoms with Crippen molar-refractivity contribution in [2.75, 3.05) is 11.1 Å². The molecule has 5 rings (SSSR count). The van der Waals surface area contributed by atoms with Gasteiger partial charge in [0.15, 0.2) is 5.17 Å². The summed E-state index contributed by atoms with van der Waals surface area (Å²) in [4.78, 5) is 20.5. The SMILES string of the molecule is Cl.O=C(CC1CS/C(=N\C2CCCCC2)N1Cc1ccccc1)Nc1ccc(Oc2ccccc2)cc1. The Labute approximate surface area is 230 Å². The van der Waals surface area contributed by atoms with Crippen molar-refractivity contribution in [2.45, 2.75) is 57.2 Å². The molecule has 1 saturated carbocycles. The van der Waals surface area contributed by atoms with Gasteiger partial charge in [0.25, 0.3) is 0 Å². The number of carbonyl (C=O) groups excluding carboxylic acids is 1. The predicted molar refractivity (Wildman–Crippen MR) is 156 cm³/mol. The number of anilines is 1. The molecule has 2 fully saturated rings. The average molecular weight is 536 g/mol. The van der Waals surface area contributed by atoms with Crippen LogP contribution in [-0.2, 0) is 11.3 Å². The zero-order valence-electron chi connectivity index (χ0n) is 20.9. The summed E-state index contributed by atoms with van der Waals surface area (Å²) in [5, 5.41) is 4.17. The molecule has 37 heavy (non-hydrogen) atoms. The zero-order valence-corrected chi connectivity index (χ0v) is 22.6. The maximum atomic E-state index is 13.0. The lowest BCUT2D eigenvalue weighted by molar-refractivity contribution is -0.116. The number of para-hydroxylation sites is 1. The van der Waals surface area contributed by atoms with E-state index in [1.165, 1.54) is 37.7 Å². The molecule has 2 aliphatic rings. The molecule has 1 unspecified atom stereocenters. The van der Waals surface area contributed by atoms with Crippen molar-refractivity contribution in [3.05, 3.63) is 90.5 Å². The molecule has 5 nitrogen and oxygen atoms in total. The van der Waals surface area contributed by atoms with Crippen molar-refractivity contribution in [1.29, 1.82) is 0 Å². The number of nitrogens with one attached hydrogen (secondary N) is 1. The number of amidine groups is 1. The Morgan fingerprint density at radius 2 is 1.54 bits per heavy atom. The molecule has 3 aromatic carbocycles. The molecule has 3 aromatic rings. The van der Waals surface area contributed by atoms with Crippen molar-refractivity contribution in [3.8, 4) is 11.5 Å². The van der Waals surface area contributed by atoms with Gasteiger partial charge < -0.3 is 15.0 Å². The van der Waals surface area contributed by atoms with E-state index >= 15 is 0 Å². The van der Waals surface area contributed by atoms with Crippen LogP contribution in [0.2, 0.25) is 0 Å². The summed E-state index contributed by atoms with van der Waals surface area (Å²) in [6, 6.07) is 28.2. The van der Waals surface area contributed by atoms with Gasteiger partial charge in [-0.2, -0.15) is 0 Å². The van der Waals surface area contributed by atoms with Crippen LogP contribution in [0.4, 0.5) is 5.69 Å². The van der Waals surface area contributed by atoms with Gasteiger partial charge in [0.2, 0.25) is 5.91 Å². The first-order chi connectivity index (χ1) is 17.7. The molecular weight excluding hydrogens is 502 g/mol. The highest BCUT2D eigenvalue weighted by atomic mass is 35.5. The molecule has 194 valence electrons. The number of hydrogen-bond acceptors (Lipinski definition) is 4. The Kier molecular flexibility index (Phi) is 9.92. The van der Waals surface area contributed by atoms with Crippen LogP contribution >= 0.6 is 24.2 Å². The molecule has 7 heteroatoms. The van der Waals surface area contributed by atoms with Crippen LogP contribution in [0.5, 0.6) is 11.5 Å². The molecule has 1 N–H and O–H groups in total. The molecule has 1 heterocycles. The maximum absolute atomic E-state index is 13.0. The van der Waals surface area contributed by atoms with Gasteiger partial charge in [-0.3, -0.25) is 9.79 Å². The summed E-state index contributed by atoms with van der Waals surface area (Å²) >= 11 is 1.80. The Bertz CT molecular complexity index is 1150. The molecule has 1 atom stereocenters. The standard InChI is InChI=1S/C30H33N3O2S.ClH/c34-29(31-25-16-18-28(19-17-25)35-27-14-8-3-9-15-27)20-26-22-36-30(32-24-12-6-2-7-13-24)33(26)21-23-10-4-1-5-11-23;/h1,3-5,8-11,14-19,24,26H,2,6-7,12-13,20-22H2,(H,31,34);1H/b32-30-;. The van der Waals surface area contributed by atoms with Crippen LogP contribution < -0.4 is 10.1 Å². The summed E-state index contributed by atoms with van der Waals surface area (Å²) in [5.41, 5.74) is 2.02. The number of aliphatic imine (C=N–C) groups is 1. The van der Waals surface area contributed by atoms with Crippen LogP contribution in [0.3, 0.4) is 0 Å². The van der Waals surface area contributed by atoms with Crippen molar-refractivity contribution < 1.29 is 9.53 Å². The minimum atomic E-state index is 0. The molecule has 0 radical (unpaired) electrons. The average Bonchev–Trinajstić information content (AvgIpc) is 3.27. The normalized spacial score (nSPS) is 18.9. The maximum Gasteiger partial charge on any atom is 0.226 e. The lowest BCUT2D eigenvalue weighted by Crippen LogP contribution is -2.37. The van der Waals surface area contributed by atoms with Gasteiger partial charge in [0.1, 0.15) is 11.5 Å². The summed E-state index contributed by atoms with van der Waals surface area (Å²) in [6.45, 7) is 0.781. The Morgan fingerprint density at radius 3 is 2.24 bits per heavy atom. The molecular formula is C30H34ClN3O2S. The number of carbonyl (C=O) groups is 1. The third-order valence-electron chi connectivity index (χ3n) is 6.69. The molecule has 1 amide bonds. The number of thioether (sulfide) groups is 1. The number of halogens is 1. The fourth-order valence-corrected chi connectivity index (χ4v) is 6.02. The topological polar surface area (TPSA) is 53.9 Å². The van der Waals surface area contributed by atoms with E-state index in [0.29, 0.717) is 12.5 Å². The summed E-state index contributed by atoms with van der Waals surface area (Å²) < 4.78 is 5.86. The fourth-order valence-electron chi connectivity index (χ4n) is 4.78. The van der Waals surface area contributed by atoms with Gasteiger partial charge in [-0.25, -0.2) is 0 Å². The van der Waals surface area contributed by atoms with Gasteiger partial charge in [-0.15, -0.1) is 12.4 Å². The van der Waals surface area contributed by atoms with Crippen molar-refractivity contribution in [3.63, 3.8) is 0 Å². The number of ether oxygens (including phenoxy) is 1. The molecule has 0 spiro atoms. The van der Waals surface area contributed by atoms with Crippen molar-refractivity contribution >= 4 is 40.9 Å². The first kappa shape index (κ1) is 27.1. The van der Waals surface area contributed by atoms with Crippen LogP contribution in [0.15, 0.2) is 89.9 Å². The van der Waals surface area contributed by atoms with Crippen molar-refractivity contribution in [2.24, 2.45) is 4.99 Å².